The minimum atomic E-state index is -0.00218. The van der Waals surface area contributed by atoms with Crippen molar-refractivity contribution in [2.24, 2.45) is 0 Å². The summed E-state index contributed by atoms with van der Waals surface area (Å²) < 4.78 is 5.36. The Morgan fingerprint density at radius 3 is 3.29 bits per heavy atom. The third kappa shape index (κ3) is 1.77. The fourth-order valence-electron chi connectivity index (χ4n) is 1.55. The van der Waals surface area contributed by atoms with Crippen molar-refractivity contribution < 1.29 is 9.53 Å². The number of imidazole rings is 1. The summed E-state index contributed by atoms with van der Waals surface area (Å²) in [5, 5.41) is 0. The van der Waals surface area contributed by atoms with Crippen LogP contribution in [-0.4, -0.2) is 46.6 Å². The summed E-state index contributed by atoms with van der Waals surface area (Å²) in [5.41, 5.74) is 0.541. The van der Waals surface area contributed by atoms with Crippen molar-refractivity contribution in [2.75, 3.05) is 19.7 Å². The SMILES string of the molecule is CC1CN(C(=O)c2cnc[nH]2)CCO1. The molecule has 1 fully saturated rings. The number of morpholine rings is 1. The van der Waals surface area contributed by atoms with E-state index < -0.39 is 0 Å². The van der Waals surface area contributed by atoms with E-state index in [0.29, 0.717) is 25.4 Å². The second-order valence-electron chi connectivity index (χ2n) is 3.40. The normalized spacial score (nSPS) is 22.4. The Bertz CT molecular complexity index is 310. The average molecular weight is 195 g/mol. The van der Waals surface area contributed by atoms with Crippen molar-refractivity contribution in [2.45, 2.75) is 13.0 Å². The van der Waals surface area contributed by atoms with Crippen LogP contribution < -0.4 is 0 Å². The monoisotopic (exact) mass is 195 g/mol. The number of H-pyrrole nitrogens is 1. The minimum absolute atomic E-state index is 0.00218. The Hall–Kier alpha value is -1.36. The number of aromatic nitrogens is 2. The number of carbonyl (C=O) groups is 1. The van der Waals surface area contributed by atoms with Crippen LogP contribution in [0.3, 0.4) is 0 Å². The highest BCUT2D eigenvalue weighted by Crippen LogP contribution is 2.07. The maximum Gasteiger partial charge on any atom is 0.272 e. The minimum Gasteiger partial charge on any atom is -0.375 e. The molecule has 5 heteroatoms. The highest BCUT2D eigenvalue weighted by Gasteiger charge is 2.22. The van der Waals surface area contributed by atoms with Gasteiger partial charge >= 0.3 is 0 Å². The lowest BCUT2D eigenvalue weighted by molar-refractivity contribution is -0.0126. The molecule has 1 aliphatic rings. The molecule has 0 aliphatic carbocycles. The van der Waals surface area contributed by atoms with Crippen LogP contribution in [-0.2, 0) is 4.74 Å². The van der Waals surface area contributed by atoms with Crippen molar-refractivity contribution in [1.29, 1.82) is 0 Å². The largest absolute Gasteiger partial charge is 0.375 e. The summed E-state index contributed by atoms with van der Waals surface area (Å²) >= 11 is 0. The van der Waals surface area contributed by atoms with Crippen LogP contribution in [0.15, 0.2) is 12.5 Å². The van der Waals surface area contributed by atoms with Crippen LogP contribution >= 0.6 is 0 Å². The van der Waals surface area contributed by atoms with E-state index in [2.05, 4.69) is 9.97 Å². The molecule has 0 spiro atoms. The average Bonchev–Trinajstić information content (AvgIpc) is 2.69. The van der Waals surface area contributed by atoms with Crippen LogP contribution in [0.5, 0.6) is 0 Å². The Labute approximate surface area is 82.1 Å². The number of rotatable bonds is 1. The Morgan fingerprint density at radius 1 is 1.79 bits per heavy atom. The van der Waals surface area contributed by atoms with Crippen molar-refractivity contribution >= 4 is 5.91 Å². The second kappa shape index (κ2) is 3.79. The standard InChI is InChI=1S/C9H13N3O2/c1-7-5-12(2-3-14-7)9(13)8-4-10-6-11-8/h4,6-7H,2-3,5H2,1H3,(H,10,11). The number of amides is 1. The molecule has 2 rings (SSSR count). The summed E-state index contributed by atoms with van der Waals surface area (Å²) in [7, 11) is 0. The molecule has 2 heterocycles. The molecular formula is C9H13N3O2. The van der Waals surface area contributed by atoms with Gasteiger partial charge in [-0.25, -0.2) is 4.98 Å². The van der Waals surface area contributed by atoms with Gasteiger partial charge in [-0.05, 0) is 6.92 Å². The third-order valence-corrected chi connectivity index (χ3v) is 2.26. The number of carbonyl (C=O) groups excluding carboxylic acids is 1. The molecule has 1 N–H and O–H groups in total. The zero-order valence-corrected chi connectivity index (χ0v) is 8.06. The summed E-state index contributed by atoms with van der Waals surface area (Å²) in [6.07, 6.45) is 3.18. The van der Waals surface area contributed by atoms with E-state index in [1.54, 1.807) is 11.1 Å². The zero-order valence-electron chi connectivity index (χ0n) is 8.06. The Morgan fingerprint density at radius 2 is 2.64 bits per heavy atom. The quantitative estimate of drug-likeness (QED) is 0.699. The van der Waals surface area contributed by atoms with Gasteiger partial charge in [-0.2, -0.15) is 0 Å². The van der Waals surface area contributed by atoms with Gasteiger partial charge < -0.3 is 14.6 Å². The van der Waals surface area contributed by atoms with Crippen LogP contribution in [0.4, 0.5) is 0 Å². The molecule has 1 atom stereocenters. The summed E-state index contributed by atoms with van der Waals surface area (Å²) in [6.45, 7) is 3.88. The molecule has 0 radical (unpaired) electrons. The Kier molecular flexibility index (Phi) is 2.49. The molecule has 5 nitrogen and oxygen atoms in total. The lowest BCUT2D eigenvalue weighted by Gasteiger charge is -2.30. The fourth-order valence-corrected chi connectivity index (χ4v) is 1.55. The van der Waals surface area contributed by atoms with E-state index in [0.717, 1.165) is 0 Å². The molecule has 1 aromatic rings. The number of ether oxygens (including phenoxy) is 1. The van der Waals surface area contributed by atoms with Gasteiger partial charge in [0.05, 0.1) is 25.2 Å². The first-order valence-electron chi connectivity index (χ1n) is 4.66. The van der Waals surface area contributed by atoms with E-state index in [1.165, 1.54) is 6.33 Å². The maximum atomic E-state index is 11.8. The first kappa shape index (κ1) is 9.21. The molecule has 1 saturated heterocycles. The van der Waals surface area contributed by atoms with Crippen molar-refractivity contribution in [3.8, 4) is 0 Å². The van der Waals surface area contributed by atoms with E-state index in [4.69, 9.17) is 4.74 Å². The topological polar surface area (TPSA) is 58.2 Å². The van der Waals surface area contributed by atoms with Crippen molar-refractivity contribution in [3.05, 3.63) is 18.2 Å². The van der Waals surface area contributed by atoms with Gasteiger partial charge in [-0.1, -0.05) is 0 Å². The van der Waals surface area contributed by atoms with Crippen LogP contribution in [0.2, 0.25) is 0 Å². The first-order chi connectivity index (χ1) is 6.77. The fraction of sp³-hybridized carbons (Fsp3) is 0.556. The van der Waals surface area contributed by atoms with Crippen molar-refractivity contribution in [1.82, 2.24) is 14.9 Å². The molecule has 0 saturated carbocycles. The van der Waals surface area contributed by atoms with Gasteiger partial charge in [-0.3, -0.25) is 4.79 Å². The Balaban J connectivity index is 2.04. The molecule has 76 valence electrons. The van der Waals surface area contributed by atoms with Gasteiger partial charge in [0, 0.05) is 13.1 Å². The predicted octanol–water partition coefficient (Wildman–Crippen LogP) is 0.271. The number of nitrogens with one attached hydrogen (secondary N) is 1. The molecule has 0 bridgehead atoms. The van der Waals surface area contributed by atoms with Crippen LogP contribution in [0, 0.1) is 0 Å². The molecular weight excluding hydrogens is 182 g/mol. The molecule has 1 amide bonds. The molecule has 0 aromatic carbocycles. The number of hydrogen-bond acceptors (Lipinski definition) is 3. The highest BCUT2D eigenvalue weighted by atomic mass is 16.5. The molecule has 1 aliphatic heterocycles. The number of nitrogens with zero attached hydrogens (tertiary/aromatic N) is 2. The van der Waals surface area contributed by atoms with E-state index >= 15 is 0 Å². The molecule has 1 aromatic heterocycles. The molecule has 1 unspecified atom stereocenters. The smallest absolute Gasteiger partial charge is 0.272 e. The van der Waals surface area contributed by atoms with E-state index in [1.807, 2.05) is 6.92 Å². The lowest BCUT2D eigenvalue weighted by Crippen LogP contribution is -2.44. The number of aromatic amines is 1. The lowest BCUT2D eigenvalue weighted by atomic mass is 10.3. The predicted molar refractivity (Wildman–Crippen MR) is 49.9 cm³/mol. The van der Waals surface area contributed by atoms with Gasteiger partial charge in [0.2, 0.25) is 0 Å². The van der Waals surface area contributed by atoms with Gasteiger partial charge in [0.1, 0.15) is 5.69 Å². The first-order valence-corrected chi connectivity index (χ1v) is 4.66. The van der Waals surface area contributed by atoms with Crippen molar-refractivity contribution in [3.63, 3.8) is 0 Å². The zero-order chi connectivity index (χ0) is 9.97. The number of hydrogen-bond donors (Lipinski definition) is 1. The summed E-state index contributed by atoms with van der Waals surface area (Å²) in [4.78, 5) is 20.2. The third-order valence-electron chi connectivity index (χ3n) is 2.26. The molecule has 14 heavy (non-hydrogen) atoms. The van der Waals surface area contributed by atoms with Gasteiger partial charge in [-0.15, -0.1) is 0 Å². The highest BCUT2D eigenvalue weighted by molar-refractivity contribution is 5.92. The van der Waals surface area contributed by atoms with E-state index in [-0.39, 0.29) is 12.0 Å². The summed E-state index contributed by atoms with van der Waals surface area (Å²) in [6, 6.07) is 0. The van der Waals surface area contributed by atoms with Gasteiger partial charge in [0.15, 0.2) is 0 Å². The summed E-state index contributed by atoms with van der Waals surface area (Å²) in [5.74, 6) is -0.00218. The van der Waals surface area contributed by atoms with Crippen LogP contribution in [0.1, 0.15) is 17.4 Å². The maximum absolute atomic E-state index is 11.8. The van der Waals surface area contributed by atoms with Gasteiger partial charge in [0.25, 0.3) is 5.91 Å². The van der Waals surface area contributed by atoms with E-state index in [9.17, 15) is 4.79 Å². The van der Waals surface area contributed by atoms with Crippen LogP contribution in [0.25, 0.3) is 0 Å². The second-order valence-corrected chi connectivity index (χ2v) is 3.40.